The molecule has 6 nitrogen and oxygen atoms in total. The molecule has 2 rings (SSSR count). The Bertz CT molecular complexity index is 862. The number of carbonyl (C=O) groups excluding carboxylic acids is 1. The molecule has 0 unspecified atom stereocenters. The minimum Gasteiger partial charge on any atom is -0.273 e. The number of rotatable bonds is 5. The summed E-state index contributed by atoms with van der Waals surface area (Å²) in [5.74, 6) is -0.823. The van der Waals surface area contributed by atoms with Crippen LogP contribution in [0.15, 0.2) is 52.2 Å². The third-order valence-corrected chi connectivity index (χ3v) is 4.91. The average Bonchev–Trinajstić information content (AvgIpc) is 3.04. The minimum atomic E-state index is -3.89. The first-order valence-electron chi connectivity index (χ1n) is 6.46. The van der Waals surface area contributed by atoms with Gasteiger partial charge >= 0.3 is 0 Å². The molecule has 0 aliphatic rings. The molecule has 0 bridgehead atoms. The smallest absolute Gasteiger partial charge is 0.273 e. The van der Waals surface area contributed by atoms with Crippen molar-refractivity contribution < 1.29 is 13.2 Å². The second kappa shape index (κ2) is 7.19. The van der Waals surface area contributed by atoms with Crippen LogP contribution in [0, 0.1) is 18.3 Å². The third-order valence-electron chi connectivity index (χ3n) is 2.83. The van der Waals surface area contributed by atoms with Gasteiger partial charge in [-0.15, -0.1) is 16.2 Å². The first kappa shape index (κ1) is 16.9. The number of hydrogen-bond donors (Lipinski definition) is 2. The van der Waals surface area contributed by atoms with E-state index in [1.165, 1.54) is 29.5 Å². The Balaban J connectivity index is 2.08. The van der Waals surface area contributed by atoms with Crippen molar-refractivity contribution in [1.82, 2.24) is 10.3 Å². The third kappa shape index (κ3) is 4.50. The lowest BCUT2D eigenvalue weighted by atomic mass is 10.2. The van der Waals surface area contributed by atoms with Crippen LogP contribution in [-0.4, -0.2) is 14.3 Å². The van der Waals surface area contributed by atoms with Crippen LogP contribution in [0.3, 0.4) is 0 Å². The number of nitrogens with one attached hydrogen (secondary N) is 2. The van der Waals surface area contributed by atoms with E-state index in [0.717, 1.165) is 10.4 Å². The fraction of sp³-hybridized carbons (Fsp3) is 0.0667. The Morgan fingerprint density at radius 3 is 2.52 bits per heavy atom. The zero-order chi connectivity index (χ0) is 16.9. The van der Waals surface area contributed by atoms with Gasteiger partial charge in [0.05, 0.1) is 4.90 Å². The van der Waals surface area contributed by atoms with Gasteiger partial charge in [0.1, 0.15) is 11.6 Å². The molecule has 2 aromatic rings. The maximum Gasteiger partial charge on any atom is 0.276 e. The van der Waals surface area contributed by atoms with Gasteiger partial charge in [-0.3, -0.25) is 10.2 Å². The van der Waals surface area contributed by atoms with E-state index < -0.39 is 15.9 Å². The van der Waals surface area contributed by atoms with Gasteiger partial charge in [-0.2, -0.15) is 5.26 Å². The molecule has 2 N–H and O–H groups in total. The zero-order valence-corrected chi connectivity index (χ0v) is 13.7. The Labute approximate surface area is 138 Å². The van der Waals surface area contributed by atoms with Crippen molar-refractivity contribution in [3.05, 3.63) is 57.8 Å². The van der Waals surface area contributed by atoms with E-state index in [1.54, 1.807) is 35.7 Å². The van der Waals surface area contributed by atoms with Crippen molar-refractivity contribution in [2.75, 3.05) is 0 Å². The van der Waals surface area contributed by atoms with Gasteiger partial charge in [0, 0.05) is 4.88 Å². The van der Waals surface area contributed by atoms with Gasteiger partial charge in [0.2, 0.25) is 0 Å². The van der Waals surface area contributed by atoms with E-state index in [9.17, 15) is 13.2 Å². The highest BCUT2D eigenvalue weighted by Gasteiger charge is 2.16. The summed E-state index contributed by atoms with van der Waals surface area (Å²) >= 11 is 1.36. The summed E-state index contributed by atoms with van der Waals surface area (Å²) in [5.41, 5.74) is 2.76. The number of nitriles is 1. The number of sulfonamides is 1. The number of hydrogen-bond acceptors (Lipinski definition) is 5. The second-order valence-corrected chi connectivity index (χ2v) is 7.22. The van der Waals surface area contributed by atoms with E-state index in [1.807, 2.05) is 17.2 Å². The molecule has 1 aromatic heterocycles. The fourth-order valence-corrected chi connectivity index (χ4v) is 3.12. The fourth-order valence-electron chi connectivity index (χ4n) is 1.62. The lowest BCUT2D eigenvalue weighted by Gasteiger charge is -2.08. The number of aryl methyl sites for hydroxylation is 1. The molecule has 0 fully saturated rings. The highest BCUT2D eigenvalue weighted by molar-refractivity contribution is 7.89. The molecule has 1 aromatic carbocycles. The van der Waals surface area contributed by atoms with Crippen molar-refractivity contribution in [2.24, 2.45) is 0 Å². The van der Waals surface area contributed by atoms with Gasteiger partial charge in [0.15, 0.2) is 0 Å². The zero-order valence-electron chi connectivity index (χ0n) is 12.1. The Morgan fingerprint density at radius 1 is 1.26 bits per heavy atom. The quantitative estimate of drug-likeness (QED) is 0.491. The molecule has 1 amide bonds. The van der Waals surface area contributed by atoms with E-state index >= 15 is 0 Å². The number of benzene rings is 1. The molecule has 0 saturated carbocycles. The van der Waals surface area contributed by atoms with E-state index in [4.69, 9.17) is 5.26 Å². The number of carbonyl (C=O) groups is 1. The maximum absolute atomic E-state index is 12.0. The van der Waals surface area contributed by atoms with Gasteiger partial charge in [-0.05, 0) is 36.6 Å². The van der Waals surface area contributed by atoms with Gasteiger partial charge < -0.3 is 0 Å². The molecule has 1 heterocycles. The lowest BCUT2D eigenvalue weighted by molar-refractivity contribution is -0.117. The van der Waals surface area contributed by atoms with Crippen LogP contribution < -0.4 is 10.3 Å². The first-order valence-corrected chi connectivity index (χ1v) is 8.83. The summed E-state index contributed by atoms with van der Waals surface area (Å²) in [4.78, 5) is 14.6. The number of hydrazine groups is 1. The van der Waals surface area contributed by atoms with Crippen molar-refractivity contribution in [2.45, 2.75) is 11.8 Å². The van der Waals surface area contributed by atoms with Crippen LogP contribution in [0.2, 0.25) is 0 Å². The molecular weight excluding hydrogens is 334 g/mol. The molecule has 0 atom stereocenters. The highest BCUT2D eigenvalue weighted by Crippen LogP contribution is 2.13. The van der Waals surface area contributed by atoms with Crippen molar-refractivity contribution in [3.63, 3.8) is 0 Å². The monoisotopic (exact) mass is 347 g/mol. The van der Waals surface area contributed by atoms with Crippen molar-refractivity contribution in [3.8, 4) is 6.07 Å². The van der Waals surface area contributed by atoms with Crippen LogP contribution in [0.4, 0.5) is 0 Å². The molecular formula is C15H13N3O3S2. The maximum atomic E-state index is 12.0. The summed E-state index contributed by atoms with van der Waals surface area (Å²) in [6, 6.07) is 11.4. The average molecular weight is 347 g/mol. The van der Waals surface area contributed by atoms with Crippen LogP contribution in [0.25, 0.3) is 6.08 Å². The molecule has 0 aliphatic carbocycles. The summed E-state index contributed by atoms with van der Waals surface area (Å²) < 4.78 is 24.1. The summed E-state index contributed by atoms with van der Waals surface area (Å²) in [6.07, 6.45) is 1.39. The molecule has 0 spiro atoms. The van der Waals surface area contributed by atoms with E-state index in [2.05, 4.69) is 0 Å². The molecule has 0 saturated heterocycles. The standard InChI is InChI=1S/C15H13N3O3S2/c1-11-4-6-14(7-5-11)23(20,21)18-17-15(19)12(10-16)9-13-3-2-8-22-13/h2-9,18H,1H3,(H,17,19). The predicted molar refractivity (Wildman–Crippen MR) is 87.6 cm³/mol. The molecule has 0 radical (unpaired) electrons. The number of amides is 1. The molecule has 118 valence electrons. The van der Waals surface area contributed by atoms with Gasteiger partial charge in [-0.25, -0.2) is 8.42 Å². The Hall–Kier alpha value is -2.47. The first-order chi connectivity index (χ1) is 10.9. The predicted octanol–water partition coefficient (Wildman–Crippen LogP) is 1.97. The van der Waals surface area contributed by atoms with Crippen LogP contribution in [0.5, 0.6) is 0 Å². The Morgan fingerprint density at radius 2 is 1.96 bits per heavy atom. The van der Waals surface area contributed by atoms with Crippen molar-refractivity contribution in [1.29, 1.82) is 5.26 Å². The van der Waals surface area contributed by atoms with Crippen LogP contribution >= 0.6 is 11.3 Å². The topological polar surface area (TPSA) is 99.1 Å². The molecule has 23 heavy (non-hydrogen) atoms. The summed E-state index contributed by atoms with van der Waals surface area (Å²) in [6.45, 7) is 1.83. The number of nitrogens with zero attached hydrogens (tertiary/aromatic N) is 1. The second-order valence-electron chi connectivity index (χ2n) is 4.56. The van der Waals surface area contributed by atoms with Crippen molar-refractivity contribution >= 4 is 33.3 Å². The van der Waals surface area contributed by atoms with Crippen LogP contribution in [-0.2, 0) is 14.8 Å². The van der Waals surface area contributed by atoms with Gasteiger partial charge in [0.25, 0.3) is 15.9 Å². The molecule has 8 heteroatoms. The highest BCUT2D eigenvalue weighted by atomic mass is 32.2. The summed E-state index contributed by atoms with van der Waals surface area (Å²) in [5, 5.41) is 10.8. The van der Waals surface area contributed by atoms with E-state index in [0.29, 0.717) is 0 Å². The lowest BCUT2D eigenvalue weighted by Crippen LogP contribution is -2.42. The minimum absolute atomic E-state index is 0.0177. The van der Waals surface area contributed by atoms with Crippen LogP contribution in [0.1, 0.15) is 10.4 Å². The van der Waals surface area contributed by atoms with Gasteiger partial charge in [-0.1, -0.05) is 23.8 Å². The largest absolute Gasteiger partial charge is 0.276 e. The van der Waals surface area contributed by atoms with E-state index in [-0.39, 0.29) is 10.5 Å². The SMILES string of the molecule is Cc1ccc(S(=O)(=O)NNC(=O)C(C#N)=Cc2cccs2)cc1. The normalized spacial score (nSPS) is 11.7. The number of thiophene rings is 1. The summed E-state index contributed by atoms with van der Waals surface area (Å²) in [7, 11) is -3.89. The molecule has 0 aliphatic heterocycles. The Kier molecular flexibility index (Phi) is 5.28.